The molecule has 0 aliphatic heterocycles. The van der Waals surface area contributed by atoms with Gasteiger partial charge in [-0.15, -0.1) is 0 Å². The third-order valence-electron chi connectivity index (χ3n) is 3.08. The predicted octanol–water partition coefficient (Wildman–Crippen LogP) is 0.949. The number of aromatic nitrogens is 6. The highest BCUT2D eigenvalue weighted by molar-refractivity contribution is 5.88. The molecule has 0 saturated heterocycles. The summed E-state index contributed by atoms with van der Waals surface area (Å²) in [7, 11) is 0. The van der Waals surface area contributed by atoms with Gasteiger partial charge in [0.25, 0.3) is 0 Å². The van der Waals surface area contributed by atoms with E-state index in [2.05, 4.69) is 35.7 Å². The molecule has 4 N–H and O–H groups in total. The number of nitrogens with zero attached hydrogens (tertiary/aromatic N) is 4. The maximum absolute atomic E-state index is 10.8. The fourth-order valence-electron chi connectivity index (χ4n) is 2.05. The molecule has 0 amide bonds. The van der Waals surface area contributed by atoms with Gasteiger partial charge in [0.05, 0.1) is 17.6 Å². The average molecular weight is 287 g/mol. The van der Waals surface area contributed by atoms with Crippen molar-refractivity contribution in [3.63, 3.8) is 0 Å². The van der Waals surface area contributed by atoms with Crippen molar-refractivity contribution in [2.24, 2.45) is 0 Å². The minimum Gasteiger partial charge on any atom is -0.476 e. The number of carboxylic acid groups (broad SMARTS) is 1. The fraction of sp³-hybridized carbons (Fsp3) is 0.250. The minimum absolute atomic E-state index is 0.0165. The van der Waals surface area contributed by atoms with Crippen LogP contribution in [0, 0.1) is 0 Å². The number of aryl methyl sites for hydroxylation is 1. The Bertz CT molecular complexity index is 792. The zero-order valence-corrected chi connectivity index (χ0v) is 11.2. The van der Waals surface area contributed by atoms with Crippen LogP contribution in [0.15, 0.2) is 12.4 Å². The van der Waals surface area contributed by atoms with Gasteiger partial charge in [-0.25, -0.2) is 14.8 Å². The summed E-state index contributed by atoms with van der Waals surface area (Å²) in [4.78, 5) is 19.1. The molecule has 108 valence electrons. The molecule has 3 rings (SSSR count). The van der Waals surface area contributed by atoms with Gasteiger partial charge in [-0.3, -0.25) is 10.2 Å². The second kappa shape index (κ2) is 5.19. The monoisotopic (exact) mass is 287 g/mol. The van der Waals surface area contributed by atoms with Crippen LogP contribution < -0.4 is 5.32 Å². The minimum atomic E-state index is -1.06. The van der Waals surface area contributed by atoms with E-state index in [-0.39, 0.29) is 5.69 Å². The molecule has 0 fully saturated rings. The molecular weight excluding hydrogens is 274 g/mol. The molecule has 0 saturated carbocycles. The lowest BCUT2D eigenvalue weighted by atomic mass is 10.2. The predicted molar refractivity (Wildman–Crippen MR) is 73.9 cm³/mol. The Hall–Kier alpha value is -2.97. The molecule has 0 aromatic carbocycles. The van der Waals surface area contributed by atoms with Gasteiger partial charge < -0.3 is 10.4 Å². The Morgan fingerprint density at radius 3 is 2.90 bits per heavy atom. The van der Waals surface area contributed by atoms with Crippen LogP contribution in [0.2, 0.25) is 0 Å². The normalized spacial score (nSPS) is 10.9. The van der Waals surface area contributed by atoms with E-state index in [0.717, 1.165) is 17.5 Å². The van der Waals surface area contributed by atoms with Gasteiger partial charge in [0, 0.05) is 5.69 Å². The van der Waals surface area contributed by atoms with E-state index in [0.29, 0.717) is 23.7 Å². The van der Waals surface area contributed by atoms with Crippen LogP contribution in [0.3, 0.4) is 0 Å². The van der Waals surface area contributed by atoms with Crippen molar-refractivity contribution in [1.29, 1.82) is 0 Å². The second-order valence-corrected chi connectivity index (χ2v) is 4.41. The fourth-order valence-corrected chi connectivity index (χ4v) is 2.05. The maximum Gasteiger partial charge on any atom is 0.356 e. The molecule has 3 aromatic heterocycles. The summed E-state index contributed by atoms with van der Waals surface area (Å²) in [6.45, 7) is 2.39. The molecule has 9 nitrogen and oxygen atoms in total. The summed E-state index contributed by atoms with van der Waals surface area (Å²) >= 11 is 0. The zero-order chi connectivity index (χ0) is 14.8. The van der Waals surface area contributed by atoms with Crippen molar-refractivity contribution in [3.05, 3.63) is 29.5 Å². The van der Waals surface area contributed by atoms with Gasteiger partial charge in [0.2, 0.25) is 0 Å². The number of aromatic amines is 2. The number of aromatic carboxylic acids is 1. The van der Waals surface area contributed by atoms with E-state index >= 15 is 0 Å². The first kappa shape index (κ1) is 13.0. The lowest BCUT2D eigenvalue weighted by molar-refractivity contribution is 0.0690. The Kier molecular flexibility index (Phi) is 3.22. The summed E-state index contributed by atoms with van der Waals surface area (Å²) < 4.78 is 0. The Morgan fingerprint density at radius 1 is 1.33 bits per heavy atom. The van der Waals surface area contributed by atoms with Crippen molar-refractivity contribution < 1.29 is 9.90 Å². The smallest absolute Gasteiger partial charge is 0.356 e. The van der Waals surface area contributed by atoms with Crippen LogP contribution in [0.5, 0.6) is 0 Å². The van der Waals surface area contributed by atoms with Crippen LogP contribution >= 0.6 is 0 Å². The standard InChI is InChI=1S/C12H13N7O2/c1-2-7-9-10(14-5-15-11(9)19-17-7)13-4-6-3-8(12(20)21)18-16-6/h3,5H,2,4H2,1H3,(H,16,18)(H,20,21)(H2,13,14,15,17,19). The van der Waals surface area contributed by atoms with Crippen molar-refractivity contribution >= 4 is 22.8 Å². The molecule has 0 atom stereocenters. The highest BCUT2D eigenvalue weighted by Crippen LogP contribution is 2.21. The lowest BCUT2D eigenvalue weighted by Crippen LogP contribution is -2.03. The third-order valence-corrected chi connectivity index (χ3v) is 3.08. The van der Waals surface area contributed by atoms with Gasteiger partial charge in [-0.2, -0.15) is 10.2 Å². The number of carboxylic acids is 1. The van der Waals surface area contributed by atoms with E-state index in [1.807, 2.05) is 6.92 Å². The van der Waals surface area contributed by atoms with E-state index in [1.54, 1.807) is 0 Å². The number of hydrogen-bond acceptors (Lipinski definition) is 6. The van der Waals surface area contributed by atoms with Crippen molar-refractivity contribution in [2.45, 2.75) is 19.9 Å². The van der Waals surface area contributed by atoms with E-state index < -0.39 is 5.97 Å². The quantitative estimate of drug-likeness (QED) is 0.549. The SMILES string of the molecule is CCc1[nH]nc2ncnc(NCc3cc(C(=O)O)n[nH]3)c12. The molecule has 0 spiro atoms. The topological polar surface area (TPSA) is 132 Å². The first-order chi connectivity index (χ1) is 10.2. The molecule has 21 heavy (non-hydrogen) atoms. The number of carbonyl (C=O) groups is 1. The first-order valence-electron chi connectivity index (χ1n) is 6.38. The van der Waals surface area contributed by atoms with Crippen molar-refractivity contribution in [1.82, 2.24) is 30.4 Å². The Balaban J connectivity index is 1.84. The Labute approximate surface area is 118 Å². The van der Waals surface area contributed by atoms with Gasteiger partial charge >= 0.3 is 5.97 Å². The number of anilines is 1. The second-order valence-electron chi connectivity index (χ2n) is 4.41. The number of hydrogen-bond donors (Lipinski definition) is 4. The van der Waals surface area contributed by atoms with E-state index in [4.69, 9.17) is 5.11 Å². The number of nitrogens with one attached hydrogen (secondary N) is 3. The third kappa shape index (κ3) is 2.40. The molecule has 0 aliphatic carbocycles. The average Bonchev–Trinajstić information content (AvgIpc) is 3.11. The number of fused-ring (bicyclic) bond motifs is 1. The number of rotatable bonds is 5. The van der Waals surface area contributed by atoms with Crippen LogP contribution in [0.25, 0.3) is 11.0 Å². The summed E-state index contributed by atoms with van der Waals surface area (Å²) in [5, 5.41) is 26.2. The molecular formula is C12H13N7O2. The molecule has 3 heterocycles. The lowest BCUT2D eigenvalue weighted by Gasteiger charge is -2.05. The summed E-state index contributed by atoms with van der Waals surface area (Å²) in [6, 6.07) is 1.48. The molecule has 9 heteroatoms. The molecule has 0 unspecified atom stereocenters. The molecule has 0 aliphatic rings. The largest absolute Gasteiger partial charge is 0.476 e. The summed E-state index contributed by atoms with van der Waals surface area (Å²) in [5.74, 6) is -0.415. The molecule has 3 aromatic rings. The van der Waals surface area contributed by atoms with Crippen LogP contribution in [0.1, 0.15) is 28.8 Å². The molecule has 0 radical (unpaired) electrons. The van der Waals surface area contributed by atoms with Gasteiger partial charge in [-0.05, 0) is 12.5 Å². The van der Waals surface area contributed by atoms with Crippen LogP contribution in [-0.2, 0) is 13.0 Å². The maximum atomic E-state index is 10.8. The van der Waals surface area contributed by atoms with Gasteiger partial charge in [-0.1, -0.05) is 6.92 Å². The Morgan fingerprint density at radius 2 is 2.19 bits per heavy atom. The van der Waals surface area contributed by atoms with Gasteiger partial charge in [0.15, 0.2) is 11.3 Å². The summed E-state index contributed by atoms with van der Waals surface area (Å²) in [5.41, 5.74) is 2.18. The first-order valence-corrected chi connectivity index (χ1v) is 6.38. The van der Waals surface area contributed by atoms with Crippen LogP contribution in [-0.4, -0.2) is 41.4 Å². The summed E-state index contributed by atoms with van der Waals surface area (Å²) in [6.07, 6.45) is 2.21. The highest BCUT2D eigenvalue weighted by atomic mass is 16.4. The van der Waals surface area contributed by atoms with Gasteiger partial charge in [0.1, 0.15) is 12.1 Å². The highest BCUT2D eigenvalue weighted by Gasteiger charge is 2.12. The van der Waals surface area contributed by atoms with Crippen molar-refractivity contribution in [2.75, 3.05) is 5.32 Å². The van der Waals surface area contributed by atoms with E-state index in [9.17, 15) is 4.79 Å². The number of H-pyrrole nitrogens is 2. The molecule has 0 bridgehead atoms. The zero-order valence-electron chi connectivity index (χ0n) is 11.2. The van der Waals surface area contributed by atoms with Crippen molar-refractivity contribution in [3.8, 4) is 0 Å². The van der Waals surface area contributed by atoms with E-state index in [1.165, 1.54) is 12.4 Å². The van der Waals surface area contributed by atoms with Crippen LogP contribution in [0.4, 0.5) is 5.82 Å².